The Morgan fingerprint density at radius 2 is 1.44 bits per heavy atom. The molecule has 5 amide bonds. The Morgan fingerprint density at radius 1 is 0.845 bits per heavy atom. The van der Waals surface area contributed by atoms with Gasteiger partial charge in [0.25, 0.3) is 5.91 Å². The van der Waals surface area contributed by atoms with Crippen LogP contribution in [-0.2, 0) is 46.3 Å². The van der Waals surface area contributed by atoms with Gasteiger partial charge in [-0.15, -0.1) is 0 Å². The number of methoxy groups -OCH3 is 3. The van der Waals surface area contributed by atoms with E-state index in [1.165, 1.54) is 45.8 Å². The molecule has 0 radical (unpaired) electrons. The van der Waals surface area contributed by atoms with Crippen molar-refractivity contribution in [3.8, 4) is 33.8 Å². The molecule has 71 heavy (non-hydrogen) atoms. The number of aryl methyl sites for hydroxylation is 1. The van der Waals surface area contributed by atoms with Crippen LogP contribution in [0.15, 0.2) is 84.9 Å². The molecule has 20 heteroatoms. The fourth-order valence-corrected chi connectivity index (χ4v) is 7.76. The molecule has 0 aliphatic carbocycles. The zero-order valence-corrected chi connectivity index (χ0v) is 40.5. The van der Waals surface area contributed by atoms with E-state index in [9.17, 15) is 41.9 Å². The molecule has 1 aliphatic rings. The van der Waals surface area contributed by atoms with Crippen LogP contribution in [-0.4, -0.2) is 112 Å². The van der Waals surface area contributed by atoms with Crippen molar-refractivity contribution in [1.29, 1.82) is 0 Å². The van der Waals surface area contributed by atoms with Crippen molar-refractivity contribution in [2.24, 2.45) is 0 Å². The molecule has 4 aromatic carbocycles. The molecule has 1 heterocycles. The number of amides is 5. The van der Waals surface area contributed by atoms with Gasteiger partial charge in [-0.2, -0.15) is 13.2 Å². The van der Waals surface area contributed by atoms with Gasteiger partial charge in [0, 0.05) is 43.1 Å². The molecule has 4 aromatic rings. The zero-order valence-electron chi connectivity index (χ0n) is 40.5. The summed E-state index contributed by atoms with van der Waals surface area (Å²) in [4.78, 5) is 91.9. The number of hydrogen-bond acceptors (Lipinski definition) is 11. The molecule has 0 spiro atoms. The fraction of sp³-hybridized carbons (Fsp3) is 0.392. The minimum atomic E-state index is -5.19. The first-order valence-corrected chi connectivity index (χ1v) is 22.9. The van der Waals surface area contributed by atoms with Crippen molar-refractivity contribution >= 4 is 41.5 Å². The second kappa shape index (κ2) is 26.5. The number of rotatable bonds is 17. The van der Waals surface area contributed by atoms with Gasteiger partial charge in [0.2, 0.25) is 23.6 Å². The molecular weight excluding hydrogens is 930 g/mol. The quantitative estimate of drug-likeness (QED) is 0.0759. The molecule has 17 nitrogen and oxygen atoms in total. The Kier molecular flexibility index (Phi) is 20.9. The van der Waals surface area contributed by atoms with Gasteiger partial charge in [0.1, 0.15) is 41.6 Å². The Balaban J connectivity index is 0.00000145. The molecule has 4 bridgehead atoms. The average Bonchev–Trinajstić information content (AvgIpc) is 3.35. The van der Waals surface area contributed by atoms with E-state index in [2.05, 4.69) is 58.2 Å². The number of ether oxygens (including phenoxy) is 3. The summed E-state index contributed by atoms with van der Waals surface area (Å²) in [6.45, 7) is 4.25. The highest BCUT2D eigenvalue weighted by Crippen LogP contribution is 2.40. The highest BCUT2D eigenvalue weighted by atomic mass is 19.4. The number of aliphatic carboxylic acids is 1. The van der Waals surface area contributed by atoms with Crippen molar-refractivity contribution < 1.29 is 71.8 Å². The van der Waals surface area contributed by atoms with Crippen molar-refractivity contribution in [3.63, 3.8) is 0 Å². The summed E-state index contributed by atoms with van der Waals surface area (Å²) in [5.41, 5.74) is 9.83. The number of fused-ring (bicyclic) bond motifs is 5. The number of quaternary nitrogens is 1. The number of carboxylic acid groups (broad SMARTS) is 1. The number of hydrogen-bond donors (Lipinski definition) is 5. The van der Waals surface area contributed by atoms with Crippen LogP contribution in [0, 0.1) is 0 Å². The third kappa shape index (κ3) is 15.8. The zero-order chi connectivity index (χ0) is 52.4. The predicted molar refractivity (Wildman–Crippen MR) is 253 cm³/mol. The van der Waals surface area contributed by atoms with E-state index in [0.29, 0.717) is 58.7 Å². The summed E-state index contributed by atoms with van der Waals surface area (Å²) >= 11 is 0. The molecular formula is C51H61F3N6O11. The normalized spacial score (nSPS) is 16.0. The lowest BCUT2D eigenvalue weighted by Crippen LogP contribution is -2.55. The summed E-state index contributed by atoms with van der Waals surface area (Å²) in [6.07, 6.45) is -1.63. The molecule has 0 fully saturated rings. The maximum atomic E-state index is 14.6. The van der Waals surface area contributed by atoms with Crippen LogP contribution in [0.3, 0.4) is 0 Å². The lowest BCUT2D eigenvalue weighted by Gasteiger charge is -2.32. The van der Waals surface area contributed by atoms with Gasteiger partial charge in [0.05, 0.1) is 27.9 Å². The number of carboxylic acids is 1. The van der Waals surface area contributed by atoms with E-state index >= 15 is 0 Å². The number of nitrogens with one attached hydrogen (secondary N) is 4. The minimum Gasteiger partial charge on any atom is -0.542 e. The van der Waals surface area contributed by atoms with Gasteiger partial charge in [-0.05, 0) is 96.8 Å². The third-order valence-electron chi connectivity index (χ3n) is 11.5. The van der Waals surface area contributed by atoms with Crippen molar-refractivity contribution in [1.82, 2.24) is 26.2 Å². The van der Waals surface area contributed by atoms with Crippen LogP contribution in [0.5, 0.6) is 11.5 Å². The van der Waals surface area contributed by atoms with Gasteiger partial charge in [-0.3, -0.25) is 24.0 Å². The largest absolute Gasteiger partial charge is 0.542 e. The SMILES string of the molecule is CCCc1ccc(-c2ccc(C(=O)NCCC(=O)N[C@@H](CCCC[NH3+])C(=O)N(C)[C@@H]3C(=O)N[C@@H](C)C(=O)N[C@H](C(=O)OC)Cc4ccc(OC)c(c4)-c4cc3ccc4OC)cc2)cc1.O=C([O-])C(F)(F)F. The van der Waals surface area contributed by atoms with E-state index in [0.717, 1.165) is 24.0 Å². The van der Waals surface area contributed by atoms with Crippen molar-refractivity contribution in [2.75, 3.05) is 41.5 Å². The highest BCUT2D eigenvalue weighted by Gasteiger charge is 2.36. The Bertz CT molecular complexity index is 2500. The number of benzene rings is 4. The van der Waals surface area contributed by atoms with Gasteiger partial charge < -0.3 is 56.0 Å². The number of unbranched alkanes of at least 4 members (excludes halogenated alkanes) is 1. The number of alkyl halides is 3. The number of halogens is 3. The van der Waals surface area contributed by atoms with Crippen LogP contribution in [0.4, 0.5) is 13.2 Å². The third-order valence-corrected chi connectivity index (χ3v) is 11.5. The lowest BCUT2D eigenvalue weighted by molar-refractivity contribution is -0.368. The standard InChI is InChI=1S/C49H60N6O9.C2HF3O2/c1-7-10-31-12-15-33(16-13-31)34-17-19-35(20-18-34)46(58)51-26-24-43(56)53-39(11-8-9-25-50)48(60)55(3)44-36-21-23-42(63-5)38(29-36)37-27-32(14-22-41(37)62-4)28-40(49(61)64-6)54-45(57)30(2)52-47(44)59;3-2(4,5)1(6)7/h12-23,27,29-30,39-40,44H,7-11,24-26,28,50H2,1-6H3,(H,51,58)(H,52,59)(H,53,56)(H,54,57);(H,6,7)/t30-,39-,40-,44-;/m0./s1. The maximum Gasteiger partial charge on any atom is 0.430 e. The summed E-state index contributed by atoms with van der Waals surface area (Å²) in [6, 6.07) is 21.4. The number of nitrogens with zero attached hydrogens (tertiary/aromatic N) is 1. The van der Waals surface area contributed by atoms with E-state index < -0.39 is 65.9 Å². The summed E-state index contributed by atoms with van der Waals surface area (Å²) in [5.74, 6) is -5.47. The number of esters is 1. The molecule has 0 unspecified atom stereocenters. The molecule has 7 N–H and O–H groups in total. The molecule has 5 rings (SSSR count). The van der Waals surface area contributed by atoms with Crippen LogP contribution >= 0.6 is 0 Å². The van der Waals surface area contributed by atoms with Gasteiger partial charge in [-0.25, -0.2) is 4.79 Å². The summed E-state index contributed by atoms with van der Waals surface area (Å²) in [5, 5.41) is 19.9. The highest BCUT2D eigenvalue weighted by molar-refractivity contribution is 5.97. The molecule has 4 atom stereocenters. The predicted octanol–water partition coefficient (Wildman–Crippen LogP) is 3.22. The first-order chi connectivity index (χ1) is 33.8. The average molecular weight is 991 g/mol. The van der Waals surface area contributed by atoms with E-state index in [4.69, 9.17) is 24.1 Å². The topological polar surface area (TPSA) is 249 Å². The lowest BCUT2D eigenvalue weighted by atomic mass is 9.93. The van der Waals surface area contributed by atoms with E-state index in [-0.39, 0.29) is 31.7 Å². The monoisotopic (exact) mass is 990 g/mol. The molecule has 382 valence electrons. The van der Waals surface area contributed by atoms with Gasteiger partial charge in [0.15, 0.2) is 0 Å². The molecule has 0 aromatic heterocycles. The maximum absolute atomic E-state index is 14.6. The van der Waals surface area contributed by atoms with Crippen LogP contribution in [0.2, 0.25) is 0 Å². The summed E-state index contributed by atoms with van der Waals surface area (Å²) in [7, 11) is 5.71. The van der Waals surface area contributed by atoms with Crippen LogP contribution in [0.25, 0.3) is 22.3 Å². The van der Waals surface area contributed by atoms with Crippen molar-refractivity contribution in [2.45, 2.75) is 89.1 Å². The van der Waals surface area contributed by atoms with Crippen LogP contribution < -0.4 is 41.6 Å². The van der Waals surface area contributed by atoms with Crippen LogP contribution in [0.1, 0.15) is 79.0 Å². The molecule has 1 aliphatic heterocycles. The fourth-order valence-electron chi connectivity index (χ4n) is 7.76. The molecule has 0 saturated carbocycles. The first-order valence-electron chi connectivity index (χ1n) is 22.9. The molecule has 0 saturated heterocycles. The number of carbonyl (C=O) groups excluding carboxylic acids is 7. The van der Waals surface area contributed by atoms with E-state index in [1.807, 2.05) is 18.2 Å². The number of carbonyl (C=O) groups is 7. The number of likely N-dealkylation sites (N-methyl/N-ethyl adjacent to an activating group) is 1. The smallest absolute Gasteiger partial charge is 0.430 e. The second-order valence-electron chi connectivity index (χ2n) is 16.6. The van der Waals surface area contributed by atoms with Gasteiger partial charge >= 0.3 is 12.1 Å². The Labute approximate surface area is 410 Å². The summed E-state index contributed by atoms with van der Waals surface area (Å²) < 4.78 is 48.0. The minimum absolute atomic E-state index is 0.0159. The Morgan fingerprint density at radius 3 is 2.00 bits per heavy atom. The van der Waals surface area contributed by atoms with Crippen molar-refractivity contribution in [3.05, 3.63) is 107 Å². The van der Waals surface area contributed by atoms with E-state index in [1.54, 1.807) is 42.5 Å². The second-order valence-corrected chi connectivity index (χ2v) is 16.6. The Hall–Kier alpha value is -7.48. The first kappa shape index (κ1) is 56.1. The van der Waals surface area contributed by atoms with Gasteiger partial charge in [-0.1, -0.05) is 61.9 Å².